The molecule has 0 spiro atoms. The number of H-pyrrole nitrogens is 1. The molecule has 1 atom stereocenters. The maximum Gasteiger partial charge on any atom is 0.410 e. The van der Waals surface area contributed by atoms with E-state index >= 15 is 0 Å². The number of fused-ring (bicyclic) bond motifs is 1. The number of hydrogen-bond acceptors (Lipinski definition) is 7. The number of rotatable bonds is 7. The molecular weight excluding hydrogens is 520 g/mol. The van der Waals surface area contributed by atoms with Gasteiger partial charge in [-0.3, -0.25) is 9.78 Å². The Kier molecular flexibility index (Phi) is 7.36. The minimum absolute atomic E-state index is 0.0852. The average Bonchev–Trinajstić information content (AvgIpc) is 3.35. The summed E-state index contributed by atoms with van der Waals surface area (Å²) < 4.78 is 11.3. The third-order valence-electron chi connectivity index (χ3n) is 8.54. The highest BCUT2D eigenvalue weighted by Crippen LogP contribution is 2.35. The number of aromatic nitrogens is 3. The number of ether oxygens (including phenoxy) is 2. The standard InChI is InChI=1S/C31H40N6O4/c1-30(2,3)41-29(39)37(17-21-6-4-7-21)25-8-5-13-36(18-25)24-9-10-26(33-16-24)31(19-40-20-31)28(38)35-23-14-22-11-12-32-27(22)34-15-23/h9-12,14-16,21,25H,4-8,13,17-20H2,1-3H3,(H,32,34)(H,35,38)/t25-/m1/s1. The van der Waals surface area contributed by atoms with E-state index in [0.717, 1.165) is 49.2 Å². The molecule has 1 aliphatic carbocycles. The maximum absolute atomic E-state index is 13.5. The van der Waals surface area contributed by atoms with Gasteiger partial charge in [-0.05, 0) is 76.6 Å². The van der Waals surface area contributed by atoms with Crippen molar-refractivity contribution in [3.8, 4) is 0 Å². The van der Waals surface area contributed by atoms with Crippen LogP contribution in [0, 0.1) is 5.92 Å². The zero-order valence-corrected chi connectivity index (χ0v) is 24.2. The zero-order valence-electron chi connectivity index (χ0n) is 24.2. The van der Waals surface area contributed by atoms with Gasteiger partial charge in [0.1, 0.15) is 16.7 Å². The molecule has 10 heteroatoms. The van der Waals surface area contributed by atoms with Crippen molar-refractivity contribution in [3.05, 3.63) is 48.5 Å². The lowest BCUT2D eigenvalue weighted by Crippen LogP contribution is -2.56. The van der Waals surface area contributed by atoms with Gasteiger partial charge in [0.25, 0.3) is 0 Å². The minimum Gasteiger partial charge on any atom is -0.444 e. The topological polar surface area (TPSA) is 113 Å². The molecule has 10 nitrogen and oxygen atoms in total. The summed E-state index contributed by atoms with van der Waals surface area (Å²) in [4.78, 5) is 43.2. The van der Waals surface area contributed by atoms with E-state index < -0.39 is 11.0 Å². The first-order chi connectivity index (χ1) is 19.7. The highest BCUT2D eigenvalue weighted by atomic mass is 16.6. The number of anilines is 2. The predicted octanol–water partition coefficient (Wildman–Crippen LogP) is 4.87. The van der Waals surface area contributed by atoms with E-state index in [1.54, 1.807) is 6.20 Å². The first-order valence-electron chi connectivity index (χ1n) is 14.7. The summed E-state index contributed by atoms with van der Waals surface area (Å²) in [6.07, 6.45) is 10.6. The SMILES string of the molecule is CC(C)(C)OC(=O)N(CC1CCC1)[C@@H]1CCCN(c2ccc(C3(C(=O)Nc4cnc5[nH]ccc5c4)COC3)nc2)C1. The van der Waals surface area contributed by atoms with E-state index in [-0.39, 0.29) is 31.3 Å². The van der Waals surface area contributed by atoms with Gasteiger partial charge in [0, 0.05) is 31.2 Å². The molecule has 2 N–H and O–H groups in total. The fourth-order valence-electron chi connectivity index (χ4n) is 5.91. The first kappa shape index (κ1) is 27.5. The van der Waals surface area contributed by atoms with Crippen LogP contribution < -0.4 is 10.2 Å². The maximum atomic E-state index is 13.5. The van der Waals surface area contributed by atoms with Crippen LogP contribution in [0.1, 0.15) is 58.6 Å². The second-order valence-corrected chi connectivity index (χ2v) is 12.7. The Morgan fingerprint density at radius 2 is 1.98 bits per heavy atom. The third kappa shape index (κ3) is 5.75. The molecule has 3 aromatic rings. The van der Waals surface area contributed by atoms with Crippen molar-refractivity contribution in [3.63, 3.8) is 0 Å². The van der Waals surface area contributed by atoms with Crippen molar-refractivity contribution >= 4 is 34.4 Å². The van der Waals surface area contributed by atoms with Crippen LogP contribution in [-0.2, 0) is 19.7 Å². The monoisotopic (exact) mass is 560 g/mol. The Bertz CT molecular complexity index is 1390. The molecule has 0 aromatic carbocycles. The molecule has 2 saturated heterocycles. The summed E-state index contributed by atoms with van der Waals surface area (Å²) in [7, 11) is 0. The molecule has 2 aliphatic heterocycles. The van der Waals surface area contributed by atoms with Crippen molar-refractivity contribution in [2.45, 2.75) is 69.9 Å². The molecular formula is C31H40N6O4. The quantitative estimate of drug-likeness (QED) is 0.424. The fraction of sp³-hybridized carbons (Fsp3) is 0.548. The van der Waals surface area contributed by atoms with Crippen LogP contribution in [-0.4, -0.2) is 76.3 Å². The molecule has 0 unspecified atom stereocenters. The smallest absolute Gasteiger partial charge is 0.410 e. The van der Waals surface area contributed by atoms with E-state index in [2.05, 4.69) is 20.2 Å². The molecule has 41 heavy (non-hydrogen) atoms. The van der Waals surface area contributed by atoms with Gasteiger partial charge in [-0.15, -0.1) is 0 Å². The van der Waals surface area contributed by atoms with Gasteiger partial charge in [0.15, 0.2) is 0 Å². The second kappa shape index (κ2) is 11.0. The molecule has 3 fully saturated rings. The molecule has 0 radical (unpaired) electrons. The molecule has 1 saturated carbocycles. The number of aromatic amines is 1. The second-order valence-electron chi connectivity index (χ2n) is 12.7. The average molecular weight is 561 g/mol. The summed E-state index contributed by atoms with van der Waals surface area (Å²) >= 11 is 0. The minimum atomic E-state index is -0.841. The van der Waals surface area contributed by atoms with E-state index in [9.17, 15) is 9.59 Å². The molecule has 0 bridgehead atoms. The fourth-order valence-corrected chi connectivity index (χ4v) is 5.91. The lowest BCUT2D eigenvalue weighted by molar-refractivity contribution is -0.140. The van der Waals surface area contributed by atoms with Crippen LogP contribution in [0.15, 0.2) is 42.9 Å². The molecule has 5 heterocycles. The summed E-state index contributed by atoms with van der Waals surface area (Å²) in [6.45, 7) is 8.71. The number of amides is 2. The van der Waals surface area contributed by atoms with Gasteiger partial charge in [-0.1, -0.05) is 6.42 Å². The third-order valence-corrected chi connectivity index (χ3v) is 8.54. The highest BCUT2D eigenvalue weighted by Gasteiger charge is 2.49. The number of hydrogen-bond donors (Lipinski definition) is 2. The van der Waals surface area contributed by atoms with E-state index in [0.29, 0.717) is 17.3 Å². The van der Waals surface area contributed by atoms with Crippen molar-refractivity contribution in [1.29, 1.82) is 0 Å². The predicted molar refractivity (Wildman–Crippen MR) is 157 cm³/mol. The Balaban J connectivity index is 1.15. The molecule has 3 aliphatic rings. The van der Waals surface area contributed by atoms with Gasteiger partial charge in [-0.2, -0.15) is 0 Å². The van der Waals surface area contributed by atoms with E-state index in [1.807, 2.05) is 62.3 Å². The van der Waals surface area contributed by atoms with Crippen molar-refractivity contribution in [2.24, 2.45) is 5.92 Å². The number of nitrogens with zero attached hydrogens (tertiary/aromatic N) is 4. The largest absolute Gasteiger partial charge is 0.444 e. The van der Waals surface area contributed by atoms with Crippen molar-refractivity contribution < 1.29 is 19.1 Å². The van der Waals surface area contributed by atoms with Crippen LogP contribution >= 0.6 is 0 Å². The van der Waals surface area contributed by atoms with Gasteiger partial charge < -0.3 is 29.6 Å². The Hall–Kier alpha value is -3.66. The summed E-state index contributed by atoms with van der Waals surface area (Å²) in [5.41, 5.74) is 1.73. The summed E-state index contributed by atoms with van der Waals surface area (Å²) in [6, 6.07) is 7.89. The van der Waals surface area contributed by atoms with Crippen molar-refractivity contribution in [1.82, 2.24) is 19.9 Å². The first-order valence-corrected chi connectivity index (χ1v) is 14.7. The number of carbonyl (C=O) groups excluding carboxylic acids is 2. The zero-order chi connectivity index (χ0) is 28.6. The molecule has 3 aromatic heterocycles. The molecule has 2 amide bonds. The van der Waals surface area contributed by atoms with Crippen LogP contribution in [0.5, 0.6) is 0 Å². The Labute approximate surface area is 240 Å². The van der Waals surface area contributed by atoms with Crippen molar-refractivity contribution in [2.75, 3.05) is 43.1 Å². The van der Waals surface area contributed by atoms with Gasteiger partial charge in [0.2, 0.25) is 5.91 Å². The van der Waals surface area contributed by atoms with Crippen LogP contribution in [0.4, 0.5) is 16.2 Å². The number of piperidine rings is 1. The van der Waals surface area contributed by atoms with Crippen LogP contribution in [0.25, 0.3) is 11.0 Å². The van der Waals surface area contributed by atoms with E-state index in [4.69, 9.17) is 14.5 Å². The molecule has 218 valence electrons. The van der Waals surface area contributed by atoms with Crippen LogP contribution in [0.3, 0.4) is 0 Å². The van der Waals surface area contributed by atoms with Gasteiger partial charge in [-0.25, -0.2) is 9.78 Å². The summed E-state index contributed by atoms with van der Waals surface area (Å²) in [5, 5.41) is 3.95. The Morgan fingerprint density at radius 3 is 2.63 bits per heavy atom. The van der Waals surface area contributed by atoms with Gasteiger partial charge >= 0.3 is 6.09 Å². The number of nitrogens with one attached hydrogen (secondary N) is 2. The Morgan fingerprint density at radius 1 is 1.15 bits per heavy atom. The number of pyridine rings is 2. The van der Waals surface area contributed by atoms with E-state index in [1.165, 1.54) is 19.3 Å². The highest BCUT2D eigenvalue weighted by molar-refractivity contribution is 6.00. The summed E-state index contributed by atoms with van der Waals surface area (Å²) in [5.74, 6) is 0.411. The lowest BCUT2D eigenvalue weighted by Gasteiger charge is -2.43. The van der Waals surface area contributed by atoms with Crippen LogP contribution in [0.2, 0.25) is 0 Å². The molecule has 6 rings (SSSR count). The van der Waals surface area contributed by atoms with Gasteiger partial charge in [0.05, 0.1) is 48.7 Å². The normalized spacial score (nSPS) is 20.7. The lowest BCUT2D eigenvalue weighted by atomic mass is 9.80. The number of carbonyl (C=O) groups is 2.